The molecule has 0 aliphatic carbocycles. The van der Waals surface area contributed by atoms with Gasteiger partial charge in [0.2, 0.25) is 5.91 Å². The number of hydrogen-bond acceptors (Lipinski definition) is 9. The van der Waals surface area contributed by atoms with Gasteiger partial charge in [0, 0.05) is 33.4 Å². The number of nitrogens with zero attached hydrogens (tertiary/aromatic N) is 2. The van der Waals surface area contributed by atoms with Gasteiger partial charge in [0.25, 0.3) is 11.6 Å². The van der Waals surface area contributed by atoms with E-state index in [0.717, 1.165) is 12.1 Å². The lowest BCUT2D eigenvalue weighted by Crippen LogP contribution is -2.41. The number of aliphatic imine (C=N–C) groups is 1. The second-order valence-corrected chi connectivity index (χ2v) is 10.1. The molecule has 38 heavy (non-hydrogen) atoms. The molecular formula is C22H21BrFIN6O7. The minimum atomic E-state index is -1.23. The minimum absolute atomic E-state index is 0.00292. The molecular weight excluding hydrogens is 686 g/mol. The summed E-state index contributed by atoms with van der Waals surface area (Å²) in [5, 5.41) is 41.3. The molecule has 0 radical (unpaired) electrons. The number of hydrogen-bond donors (Lipinski definition) is 6. The Balaban J connectivity index is 1.72. The van der Waals surface area contributed by atoms with E-state index in [1.165, 1.54) is 12.1 Å². The Bertz CT molecular complexity index is 1310. The van der Waals surface area contributed by atoms with Crippen molar-refractivity contribution in [2.75, 3.05) is 25.0 Å². The number of halogens is 3. The van der Waals surface area contributed by atoms with Gasteiger partial charge < -0.3 is 31.5 Å². The number of alkyl halides is 1. The Morgan fingerprint density at radius 3 is 2.66 bits per heavy atom. The summed E-state index contributed by atoms with van der Waals surface area (Å²) in [7, 11) is 0. The van der Waals surface area contributed by atoms with Gasteiger partial charge in [-0.2, -0.15) is 0 Å². The normalized spacial score (nSPS) is 15.4. The van der Waals surface area contributed by atoms with Crippen LogP contribution in [0.1, 0.15) is 28.4 Å². The summed E-state index contributed by atoms with van der Waals surface area (Å²) >= 11 is 5.12. The third kappa shape index (κ3) is 7.98. The first-order valence-electron chi connectivity index (χ1n) is 10.9. The average Bonchev–Trinajstić information content (AvgIpc) is 2.85. The largest absolute Gasteiger partial charge is 0.506 e. The van der Waals surface area contributed by atoms with Crippen molar-refractivity contribution in [2.45, 2.75) is 18.6 Å². The van der Waals surface area contributed by atoms with E-state index in [9.17, 15) is 39.1 Å². The SMILES string of the molecule is O=C(O)C[C@H](NC(=O)CNC(=O)c1cc(NC2=NCC(F)CN2)cc([N+](=O)[O-])c1)c1cc(Br)cc(I)c1O. The van der Waals surface area contributed by atoms with E-state index in [-0.39, 0.29) is 41.6 Å². The number of carboxylic acids is 1. The van der Waals surface area contributed by atoms with Gasteiger partial charge in [-0.05, 0) is 40.8 Å². The molecule has 0 spiro atoms. The summed E-state index contributed by atoms with van der Waals surface area (Å²) in [6.07, 6.45) is -1.70. The van der Waals surface area contributed by atoms with Gasteiger partial charge in [-0.3, -0.25) is 24.5 Å². The standard InChI is InChI=1S/C22H21BrFIN6O7/c23-11-3-15(20(35)16(25)4-11)17(6-19(33)34)30-18(32)9-26-21(36)10-1-13(5-14(2-10)31(37)38)29-22-27-7-12(24)8-28-22/h1-5,12,17,35H,6-9H2,(H,26,36)(H,30,32)(H,33,34)(H2,27,28,29)/t17-/m0/s1. The van der Waals surface area contributed by atoms with Crippen molar-refractivity contribution in [2.24, 2.45) is 4.99 Å². The summed E-state index contributed by atoms with van der Waals surface area (Å²) < 4.78 is 14.2. The molecule has 2 aromatic carbocycles. The number of aliphatic carboxylic acids is 1. The lowest BCUT2D eigenvalue weighted by molar-refractivity contribution is -0.384. The number of amides is 2. The third-order valence-corrected chi connectivity index (χ3v) is 6.43. The van der Waals surface area contributed by atoms with E-state index in [4.69, 9.17) is 0 Å². The Labute approximate surface area is 236 Å². The van der Waals surface area contributed by atoms with E-state index in [1.54, 1.807) is 6.07 Å². The molecule has 2 aromatic rings. The highest BCUT2D eigenvalue weighted by molar-refractivity contribution is 14.1. The van der Waals surface area contributed by atoms with Crippen LogP contribution in [0.25, 0.3) is 0 Å². The molecule has 16 heteroatoms. The highest BCUT2D eigenvalue weighted by atomic mass is 127. The highest BCUT2D eigenvalue weighted by Crippen LogP contribution is 2.34. The van der Waals surface area contributed by atoms with Crippen molar-refractivity contribution in [1.82, 2.24) is 16.0 Å². The maximum atomic E-state index is 13.3. The zero-order valence-corrected chi connectivity index (χ0v) is 23.1. The average molecular weight is 707 g/mol. The quantitative estimate of drug-likeness (QED) is 0.129. The van der Waals surface area contributed by atoms with E-state index in [2.05, 4.69) is 42.2 Å². The van der Waals surface area contributed by atoms with E-state index in [0.29, 0.717) is 8.04 Å². The monoisotopic (exact) mass is 706 g/mol. The van der Waals surface area contributed by atoms with Crippen LogP contribution in [0.2, 0.25) is 0 Å². The van der Waals surface area contributed by atoms with Crippen molar-refractivity contribution >= 4 is 73.6 Å². The molecule has 2 atom stereocenters. The fraction of sp³-hybridized carbons (Fsp3) is 0.273. The molecule has 6 N–H and O–H groups in total. The molecule has 202 valence electrons. The number of rotatable bonds is 9. The number of carbonyl (C=O) groups is 3. The van der Waals surface area contributed by atoms with E-state index >= 15 is 0 Å². The maximum Gasteiger partial charge on any atom is 0.305 e. The summed E-state index contributed by atoms with van der Waals surface area (Å²) in [5.74, 6) is -2.82. The third-order valence-electron chi connectivity index (χ3n) is 5.15. The van der Waals surface area contributed by atoms with Crippen LogP contribution < -0.4 is 21.3 Å². The van der Waals surface area contributed by atoms with Crippen LogP contribution >= 0.6 is 38.5 Å². The van der Waals surface area contributed by atoms with Crippen molar-refractivity contribution in [3.8, 4) is 5.75 Å². The zero-order chi connectivity index (χ0) is 28.0. The van der Waals surface area contributed by atoms with Crippen LogP contribution in [-0.4, -0.2) is 64.7 Å². The predicted molar refractivity (Wildman–Crippen MR) is 146 cm³/mol. The molecule has 0 saturated heterocycles. The van der Waals surface area contributed by atoms with Gasteiger partial charge >= 0.3 is 5.97 Å². The molecule has 1 aliphatic rings. The van der Waals surface area contributed by atoms with Crippen LogP contribution in [0.4, 0.5) is 15.8 Å². The summed E-state index contributed by atoms with van der Waals surface area (Å²) in [5.41, 5.74) is -0.252. The smallest absolute Gasteiger partial charge is 0.305 e. The molecule has 1 unspecified atom stereocenters. The van der Waals surface area contributed by atoms with E-state index in [1.807, 2.05) is 22.6 Å². The fourth-order valence-electron chi connectivity index (χ4n) is 3.43. The highest BCUT2D eigenvalue weighted by Gasteiger charge is 2.24. The number of phenolic OH excluding ortho intramolecular Hbond substituents is 1. The Kier molecular flexibility index (Phi) is 9.78. The molecule has 1 heterocycles. The van der Waals surface area contributed by atoms with Crippen LogP contribution in [0.3, 0.4) is 0 Å². The van der Waals surface area contributed by atoms with Gasteiger partial charge in [0.05, 0.1) is 40.6 Å². The molecule has 1 aliphatic heterocycles. The van der Waals surface area contributed by atoms with Crippen LogP contribution in [0.5, 0.6) is 5.75 Å². The second kappa shape index (κ2) is 12.8. The Morgan fingerprint density at radius 2 is 2.03 bits per heavy atom. The first kappa shape index (κ1) is 29.0. The summed E-state index contributed by atoms with van der Waals surface area (Å²) in [6, 6.07) is 5.44. The second-order valence-electron chi connectivity index (χ2n) is 8.04. The van der Waals surface area contributed by atoms with E-state index < -0.39 is 53.6 Å². The first-order chi connectivity index (χ1) is 17.9. The minimum Gasteiger partial charge on any atom is -0.506 e. The van der Waals surface area contributed by atoms with Crippen LogP contribution in [-0.2, 0) is 9.59 Å². The Hall–Kier alpha value is -3.54. The van der Waals surface area contributed by atoms with Crippen LogP contribution in [0, 0.1) is 13.7 Å². The lowest BCUT2D eigenvalue weighted by Gasteiger charge is -2.20. The summed E-state index contributed by atoms with van der Waals surface area (Å²) in [6.45, 7) is -0.673. The number of anilines is 1. The number of nitro groups is 1. The molecule has 0 bridgehead atoms. The number of carboxylic acid groups (broad SMARTS) is 1. The van der Waals surface area contributed by atoms with Crippen LogP contribution in [0.15, 0.2) is 39.8 Å². The van der Waals surface area contributed by atoms with Gasteiger partial charge in [-0.15, -0.1) is 0 Å². The molecule has 0 saturated carbocycles. The van der Waals surface area contributed by atoms with Gasteiger partial charge in [0.15, 0.2) is 5.96 Å². The fourth-order valence-corrected chi connectivity index (χ4v) is 4.98. The molecule has 2 amide bonds. The number of carbonyl (C=O) groups excluding carboxylic acids is 2. The van der Waals surface area contributed by atoms with Gasteiger partial charge in [0.1, 0.15) is 11.9 Å². The van der Waals surface area contributed by atoms with Crippen molar-refractivity contribution in [3.63, 3.8) is 0 Å². The number of non-ortho nitro benzene ring substituents is 1. The number of nitro benzene ring substituents is 1. The zero-order valence-electron chi connectivity index (χ0n) is 19.3. The predicted octanol–water partition coefficient (Wildman–Crippen LogP) is 2.44. The number of nitrogens with one attached hydrogen (secondary N) is 4. The first-order valence-corrected chi connectivity index (χ1v) is 12.8. The number of phenols is 1. The molecule has 3 rings (SSSR count). The number of aromatic hydroxyl groups is 1. The van der Waals surface area contributed by atoms with Crippen molar-refractivity contribution in [1.29, 1.82) is 0 Å². The van der Waals surface area contributed by atoms with Gasteiger partial charge in [-0.1, -0.05) is 15.9 Å². The lowest BCUT2D eigenvalue weighted by atomic mass is 10.0. The molecule has 0 fully saturated rings. The Morgan fingerprint density at radius 1 is 1.29 bits per heavy atom. The molecule has 0 aromatic heterocycles. The maximum absolute atomic E-state index is 13.3. The topological polar surface area (TPSA) is 195 Å². The molecule has 13 nitrogen and oxygen atoms in total. The summed E-state index contributed by atoms with van der Waals surface area (Å²) in [4.78, 5) is 51.2. The van der Waals surface area contributed by atoms with Gasteiger partial charge in [-0.25, -0.2) is 9.38 Å². The number of benzene rings is 2. The number of guanidine groups is 1. The van der Waals surface area contributed by atoms with Crippen molar-refractivity contribution in [3.05, 3.63) is 59.6 Å². The van der Waals surface area contributed by atoms with Crippen molar-refractivity contribution < 1.29 is 33.9 Å².